The smallest absolute Gasteiger partial charge is 0.255 e. The van der Waals surface area contributed by atoms with Crippen molar-refractivity contribution in [3.8, 4) is 5.75 Å². The summed E-state index contributed by atoms with van der Waals surface area (Å²) in [6.45, 7) is 10.2. The van der Waals surface area contributed by atoms with Crippen molar-refractivity contribution in [2.75, 3.05) is 26.2 Å². The van der Waals surface area contributed by atoms with Gasteiger partial charge in [0.2, 0.25) is 0 Å². The Morgan fingerprint density at radius 3 is 2.75 bits per heavy atom. The van der Waals surface area contributed by atoms with E-state index >= 15 is 0 Å². The molecule has 3 N–H and O–H groups in total. The van der Waals surface area contributed by atoms with Crippen LogP contribution in [0.25, 0.3) is 0 Å². The lowest BCUT2D eigenvalue weighted by Crippen LogP contribution is -2.40. The molecule has 1 unspecified atom stereocenters. The highest BCUT2D eigenvalue weighted by Crippen LogP contribution is 2.28. The quantitative estimate of drug-likeness (QED) is 0.308. The van der Waals surface area contributed by atoms with E-state index in [9.17, 15) is 4.79 Å². The van der Waals surface area contributed by atoms with Gasteiger partial charge in [0.05, 0.1) is 6.54 Å². The van der Waals surface area contributed by atoms with Gasteiger partial charge in [-0.05, 0) is 42.9 Å². The van der Waals surface area contributed by atoms with Gasteiger partial charge in [0.15, 0.2) is 12.6 Å². The molecule has 7 heteroatoms. The van der Waals surface area contributed by atoms with E-state index in [2.05, 4.69) is 31.0 Å². The second-order valence-electron chi connectivity index (χ2n) is 7.14. The molecule has 0 saturated carbocycles. The minimum Gasteiger partial charge on any atom is -0.484 e. The first-order chi connectivity index (χ1) is 13.1. The lowest BCUT2D eigenvalue weighted by Gasteiger charge is -2.24. The van der Waals surface area contributed by atoms with Crippen molar-refractivity contribution in [1.82, 2.24) is 10.2 Å². The third-order valence-electron chi connectivity index (χ3n) is 5.27. The number of ether oxygens (including phenoxy) is 1. The Bertz CT molecular complexity index is 635. The van der Waals surface area contributed by atoms with Gasteiger partial charge in [0.1, 0.15) is 5.75 Å². The summed E-state index contributed by atoms with van der Waals surface area (Å²) in [6, 6.07) is 7.66. The van der Waals surface area contributed by atoms with Crippen LogP contribution in [0.3, 0.4) is 0 Å². The van der Waals surface area contributed by atoms with Crippen LogP contribution in [0.2, 0.25) is 0 Å². The number of hydrogen-bond acceptors (Lipinski definition) is 3. The Kier molecular flexibility index (Phi) is 11.3. The van der Waals surface area contributed by atoms with Crippen molar-refractivity contribution in [1.29, 1.82) is 0 Å². The van der Waals surface area contributed by atoms with Gasteiger partial charge in [0.25, 0.3) is 5.91 Å². The normalized spacial score (nSPS) is 16.8. The zero-order chi connectivity index (χ0) is 19.6. The van der Waals surface area contributed by atoms with Gasteiger partial charge < -0.3 is 20.7 Å². The third-order valence-corrected chi connectivity index (χ3v) is 5.27. The minimum absolute atomic E-state index is 0. The van der Waals surface area contributed by atoms with Gasteiger partial charge >= 0.3 is 0 Å². The molecule has 1 aliphatic heterocycles. The number of rotatable bonds is 9. The van der Waals surface area contributed by atoms with Crippen LogP contribution < -0.4 is 15.8 Å². The van der Waals surface area contributed by atoms with Gasteiger partial charge in [0, 0.05) is 19.6 Å². The molecule has 0 spiro atoms. The molecule has 2 rings (SSSR count). The summed E-state index contributed by atoms with van der Waals surface area (Å²) in [5, 5.41) is 3.43. The van der Waals surface area contributed by atoms with Crippen LogP contribution in [-0.2, 0) is 11.3 Å². The minimum atomic E-state index is -0.478. The molecule has 6 nitrogen and oxygen atoms in total. The number of likely N-dealkylation sites (tertiary alicyclic amines) is 1. The van der Waals surface area contributed by atoms with Crippen LogP contribution >= 0.6 is 24.0 Å². The monoisotopic (exact) mass is 502 g/mol. The summed E-state index contributed by atoms with van der Waals surface area (Å²) in [7, 11) is 0. The predicted molar refractivity (Wildman–Crippen MR) is 125 cm³/mol. The Balaban J connectivity index is 0.00000392. The molecule has 28 heavy (non-hydrogen) atoms. The molecule has 0 aliphatic carbocycles. The lowest BCUT2D eigenvalue weighted by molar-refractivity contribution is -0.119. The maximum absolute atomic E-state index is 10.9. The van der Waals surface area contributed by atoms with Crippen molar-refractivity contribution < 1.29 is 9.53 Å². The van der Waals surface area contributed by atoms with Gasteiger partial charge in [-0.15, -0.1) is 24.0 Å². The van der Waals surface area contributed by atoms with E-state index in [1.807, 2.05) is 24.3 Å². The number of nitrogens with two attached hydrogens (primary N) is 1. The van der Waals surface area contributed by atoms with Crippen molar-refractivity contribution in [3.05, 3.63) is 29.8 Å². The number of aliphatic imine (C=N–C) groups is 1. The van der Waals surface area contributed by atoms with E-state index < -0.39 is 5.91 Å². The van der Waals surface area contributed by atoms with Gasteiger partial charge in [-0.1, -0.05) is 38.8 Å². The third kappa shape index (κ3) is 7.48. The summed E-state index contributed by atoms with van der Waals surface area (Å²) in [5.74, 6) is 2.70. The van der Waals surface area contributed by atoms with Crippen LogP contribution in [0, 0.1) is 11.8 Å². The van der Waals surface area contributed by atoms with Crippen molar-refractivity contribution in [3.63, 3.8) is 0 Å². The summed E-state index contributed by atoms with van der Waals surface area (Å²) in [5.41, 5.74) is 6.18. The highest BCUT2D eigenvalue weighted by Gasteiger charge is 2.29. The number of benzene rings is 1. The molecule has 1 aliphatic rings. The van der Waals surface area contributed by atoms with E-state index in [4.69, 9.17) is 15.5 Å². The molecule has 1 aromatic carbocycles. The zero-order valence-electron chi connectivity index (χ0n) is 17.3. The number of nitrogens with one attached hydrogen (secondary N) is 1. The van der Waals surface area contributed by atoms with E-state index in [0.717, 1.165) is 43.0 Å². The van der Waals surface area contributed by atoms with Crippen molar-refractivity contribution in [2.24, 2.45) is 22.6 Å². The molecule has 1 saturated heterocycles. The van der Waals surface area contributed by atoms with Crippen molar-refractivity contribution >= 4 is 35.8 Å². The van der Waals surface area contributed by atoms with Crippen LogP contribution in [0.5, 0.6) is 5.75 Å². The van der Waals surface area contributed by atoms with E-state index in [1.165, 1.54) is 19.3 Å². The zero-order valence-corrected chi connectivity index (χ0v) is 19.6. The fraction of sp³-hybridized carbons (Fsp3) is 0.619. The van der Waals surface area contributed by atoms with Crippen LogP contribution in [0.15, 0.2) is 29.3 Å². The molecule has 1 atom stereocenters. The Hall–Kier alpha value is -1.51. The molecule has 0 radical (unpaired) electrons. The average Bonchev–Trinajstić information content (AvgIpc) is 3.14. The van der Waals surface area contributed by atoms with Crippen LogP contribution in [0.4, 0.5) is 0 Å². The maximum atomic E-state index is 10.9. The second-order valence-corrected chi connectivity index (χ2v) is 7.14. The molecule has 1 fully saturated rings. The highest BCUT2D eigenvalue weighted by atomic mass is 127. The molecular formula is C21H35IN4O2. The molecule has 0 bridgehead atoms. The number of carbonyl (C=O) groups excluding carboxylic acids is 1. The number of hydrogen-bond donors (Lipinski definition) is 2. The average molecular weight is 502 g/mol. The molecular weight excluding hydrogens is 467 g/mol. The van der Waals surface area contributed by atoms with Crippen LogP contribution in [0.1, 0.15) is 45.6 Å². The number of nitrogens with zero attached hydrogens (tertiary/aromatic N) is 2. The standard InChI is InChI=1S/C21H34N4O2.HI/c1-4-17(5-2)18-10-11-25(14-18)21(23-6-3)24-13-16-8-7-9-19(12-16)27-15-20(22)26;/h7-9,12,17-18H,4-6,10-11,13-15H2,1-3H3,(H2,22,26)(H,23,24);1H. The fourth-order valence-corrected chi connectivity index (χ4v) is 3.80. The van der Waals surface area contributed by atoms with Gasteiger partial charge in [-0.3, -0.25) is 4.79 Å². The summed E-state index contributed by atoms with van der Waals surface area (Å²) in [4.78, 5) is 18.1. The van der Waals surface area contributed by atoms with E-state index in [-0.39, 0.29) is 30.6 Å². The fourth-order valence-electron chi connectivity index (χ4n) is 3.80. The summed E-state index contributed by atoms with van der Waals surface area (Å²) < 4.78 is 5.38. The Morgan fingerprint density at radius 2 is 2.11 bits per heavy atom. The van der Waals surface area contributed by atoms with Crippen molar-refractivity contribution in [2.45, 2.75) is 46.6 Å². The Labute approximate surface area is 186 Å². The molecule has 1 amide bonds. The second kappa shape index (κ2) is 12.9. The topological polar surface area (TPSA) is 80.0 Å². The largest absolute Gasteiger partial charge is 0.484 e. The number of guanidine groups is 1. The van der Waals surface area contributed by atoms with E-state index in [1.54, 1.807) is 0 Å². The Morgan fingerprint density at radius 1 is 1.36 bits per heavy atom. The summed E-state index contributed by atoms with van der Waals surface area (Å²) >= 11 is 0. The summed E-state index contributed by atoms with van der Waals surface area (Å²) in [6.07, 6.45) is 3.74. The molecule has 1 heterocycles. The number of primary amides is 1. The first-order valence-corrected chi connectivity index (χ1v) is 10.1. The first-order valence-electron chi connectivity index (χ1n) is 10.1. The lowest BCUT2D eigenvalue weighted by atomic mass is 9.87. The van der Waals surface area contributed by atoms with Crippen LogP contribution in [-0.4, -0.2) is 43.0 Å². The number of carbonyl (C=O) groups is 1. The molecule has 0 aromatic heterocycles. The van der Waals surface area contributed by atoms with E-state index in [0.29, 0.717) is 12.3 Å². The molecule has 1 aromatic rings. The first kappa shape index (κ1) is 24.5. The predicted octanol–water partition coefficient (Wildman–Crippen LogP) is 3.39. The SMILES string of the molecule is CCNC(=NCc1cccc(OCC(N)=O)c1)N1CCC(C(CC)CC)C1.I. The highest BCUT2D eigenvalue weighted by molar-refractivity contribution is 14.0. The number of amides is 1. The van der Waals surface area contributed by atoms with Gasteiger partial charge in [-0.25, -0.2) is 4.99 Å². The van der Waals surface area contributed by atoms with Gasteiger partial charge in [-0.2, -0.15) is 0 Å². The molecule has 158 valence electrons. The maximum Gasteiger partial charge on any atom is 0.255 e. The number of halogens is 1.